The lowest BCUT2D eigenvalue weighted by molar-refractivity contribution is 0.405. The number of ether oxygens (including phenoxy) is 1. The van der Waals surface area contributed by atoms with Crippen LogP contribution in [0.25, 0.3) is 0 Å². The molecule has 0 aliphatic carbocycles. The van der Waals surface area contributed by atoms with Gasteiger partial charge in [0.05, 0.1) is 24.6 Å². The maximum atomic E-state index is 5.61. The first-order valence-corrected chi connectivity index (χ1v) is 8.47. The van der Waals surface area contributed by atoms with E-state index in [1.54, 1.807) is 7.11 Å². The van der Waals surface area contributed by atoms with Crippen molar-refractivity contribution < 1.29 is 4.74 Å². The average molecular weight is 328 g/mol. The van der Waals surface area contributed by atoms with Gasteiger partial charge in [-0.2, -0.15) is 5.10 Å². The molecule has 1 aliphatic heterocycles. The number of hydrogen-bond acceptors (Lipinski definition) is 3. The van der Waals surface area contributed by atoms with Crippen LogP contribution in [0.3, 0.4) is 0 Å². The molecule has 1 atom stereocenters. The summed E-state index contributed by atoms with van der Waals surface area (Å²) in [5.41, 5.74) is 4.51. The van der Waals surface area contributed by atoms with Crippen LogP contribution in [-0.4, -0.2) is 12.8 Å². The van der Waals surface area contributed by atoms with Gasteiger partial charge in [0.2, 0.25) is 0 Å². The first kappa shape index (κ1) is 15.5. The summed E-state index contributed by atoms with van der Waals surface area (Å²) in [5, 5.41) is 7.07. The van der Waals surface area contributed by atoms with Crippen LogP contribution in [-0.2, 0) is 0 Å². The van der Waals surface area contributed by atoms with E-state index in [0.717, 1.165) is 29.1 Å². The topological polar surface area (TPSA) is 24.8 Å². The van der Waals surface area contributed by atoms with Gasteiger partial charge in [-0.3, -0.25) is 5.01 Å². The Labute approximate surface area is 148 Å². The summed E-state index contributed by atoms with van der Waals surface area (Å²) < 4.78 is 5.61. The van der Waals surface area contributed by atoms with E-state index in [2.05, 4.69) is 53.5 Å². The third-order valence-electron chi connectivity index (χ3n) is 4.54. The van der Waals surface area contributed by atoms with Crippen LogP contribution < -0.4 is 9.75 Å². The SMILES string of the molecule is COc1ccccc1[C@@H]1CC(c2ccccc2)=NN1c1ccccc1. The van der Waals surface area contributed by atoms with Gasteiger partial charge in [0.25, 0.3) is 0 Å². The zero-order valence-corrected chi connectivity index (χ0v) is 14.2. The molecule has 3 aromatic carbocycles. The van der Waals surface area contributed by atoms with E-state index in [9.17, 15) is 0 Å². The predicted molar refractivity (Wildman–Crippen MR) is 102 cm³/mol. The molecule has 0 bridgehead atoms. The van der Waals surface area contributed by atoms with Gasteiger partial charge in [0.1, 0.15) is 5.75 Å². The molecule has 0 aromatic heterocycles. The third kappa shape index (κ3) is 3.01. The van der Waals surface area contributed by atoms with E-state index >= 15 is 0 Å². The standard InChI is InChI=1S/C22H20N2O/c1-25-22-15-9-8-14-19(22)21-16-20(17-10-4-2-5-11-17)23-24(21)18-12-6-3-7-13-18/h2-15,21H,16H2,1H3/t21-/m0/s1. The molecule has 1 heterocycles. The van der Waals surface area contributed by atoms with Crippen LogP contribution in [0.1, 0.15) is 23.6 Å². The number of nitrogens with zero attached hydrogens (tertiary/aromatic N) is 2. The maximum Gasteiger partial charge on any atom is 0.124 e. The summed E-state index contributed by atoms with van der Waals surface area (Å²) in [7, 11) is 1.72. The second-order valence-corrected chi connectivity index (χ2v) is 6.05. The maximum absolute atomic E-state index is 5.61. The molecule has 0 unspecified atom stereocenters. The Morgan fingerprint density at radius 3 is 2.20 bits per heavy atom. The van der Waals surface area contributed by atoms with Crippen LogP contribution in [0.4, 0.5) is 5.69 Å². The summed E-state index contributed by atoms with van der Waals surface area (Å²) in [4.78, 5) is 0. The molecule has 124 valence electrons. The van der Waals surface area contributed by atoms with E-state index in [0.29, 0.717) is 0 Å². The molecule has 0 saturated heterocycles. The average Bonchev–Trinajstić information content (AvgIpc) is 3.14. The Bertz CT molecular complexity index is 875. The molecule has 3 nitrogen and oxygen atoms in total. The number of para-hydroxylation sites is 2. The number of methoxy groups -OCH3 is 1. The first-order chi connectivity index (χ1) is 12.4. The fraction of sp³-hybridized carbons (Fsp3) is 0.136. The quantitative estimate of drug-likeness (QED) is 0.669. The number of rotatable bonds is 4. The van der Waals surface area contributed by atoms with E-state index in [4.69, 9.17) is 9.84 Å². The highest BCUT2D eigenvalue weighted by atomic mass is 16.5. The number of hydrogen-bond donors (Lipinski definition) is 0. The van der Waals surface area contributed by atoms with Crippen molar-refractivity contribution in [2.24, 2.45) is 5.10 Å². The van der Waals surface area contributed by atoms with E-state index < -0.39 is 0 Å². The molecule has 3 heteroatoms. The van der Waals surface area contributed by atoms with Gasteiger partial charge >= 0.3 is 0 Å². The van der Waals surface area contributed by atoms with Crippen LogP contribution in [0.2, 0.25) is 0 Å². The Kier molecular flexibility index (Phi) is 4.21. The summed E-state index contributed by atoms with van der Waals surface area (Å²) in [6.07, 6.45) is 0.847. The molecule has 0 fully saturated rings. The second-order valence-electron chi connectivity index (χ2n) is 6.05. The molecule has 0 spiro atoms. The molecular weight excluding hydrogens is 308 g/mol. The Morgan fingerprint density at radius 1 is 0.840 bits per heavy atom. The fourth-order valence-electron chi connectivity index (χ4n) is 3.32. The summed E-state index contributed by atoms with van der Waals surface area (Å²) in [5.74, 6) is 0.901. The molecule has 1 aliphatic rings. The Morgan fingerprint density at radius 2 is 1.48 bits per heavy atom. The highest BCUT2D eigenvalue weighted by Crippen LogP contribution is 2.39. The highest BCUT2D eigenvalue weighted by molar-refractivity contribution is 6.03. The van der Waals surface area contributed by atoms with Gasteiger partial charge in [-0.1, -0.05) is 66.7 Å². The first-order valence-electron chi connectivity index (χ1n) is 8.47. The molecule has 0 N–H and O–H groups in total. The van der Waals surface area contributed by atoms with Crippen LogP contribution >= 0.6 is 0 Å². The number of anilines is 1. The minimum Gasteiger partial charge on any atom is -0.496 e. The molecule has 0 saturated carbocycles. The minimum atomic E-state index is 0.119. The lowest BCUT2D eigenvalue weighted by atomic mass is 9.97. The molecular formula is C22H20N2O. The molecule has 0 radical (unpaired) electrons. The summed E-state index contributed by atoms with van der Waals surface area (Å²) in [6, 6.07) is 29.0. The highest BCUT2D eigenvalue weighted by Gasteiger charge is 2.31. The zero-order valence-electron chi connectivity index (χ0n) is 14.2. The lowest BCUT2D eigenvalue weighted by Crippen LogP contribution is -2.19. The van der Waals surface area contributed by atoms with Crippen molar-refractivity contribution in [1.29, 1.82) is 0 Å². The van der Waals surface area contributed by atoms with E-state index in [1.807, 2.05) is 36.4 Å². The molecule has 3 aromatic rings. The largest absolute Gasteiger partial charge is 0.496 e. The summed E-state index contributed by atoms with van der Waals surface area (Å²) >= 11 is 0. The molecule has 4 rings (SSSR count). The monoisotopic (exact) mass is 328 g/mol. The van der Waals surface area contributed by atoms with E-state index in [-0.39, 0.29) is 6.04 Å². The van der Waals surface area contributed by atoms with Crippen molar-refractivity contribution in [3.05, 3.63) is 96.1 Å². The van der Waals surface area contributed by atoms with Crippen LogP contribution in [0.15, 0.2) is 90.0 Å². The second kappa shape index (κ2) is 6.81. The Hall–Kier alpha value is -3.07. The normalized spacial score (nSPS) is 16.6. The van der Waals surface area contributed by atoms with Gasteiger partial charge in [-0.15, -0.1) is 0 Å². The van der Waals surface area contributed by atoms with Gasteiger partial charge in [-0.05, 0) is 23.8 Å². The van der Waals surface area contributed by atoms with Crippen molar-refractivity contribution in [3.8, 4) is 5.75 Å². The zero-order chi connectivity index (χ0) is 17.1. The van der Waals surface area contributed by atoms with Crippen LogP contribution in [0, 0.1) is 0 Å². The number of hydrazone groups is 1. The third-order valence-corrected chi connectivity index (χ3v) is 4.54. The summed E-state index contributed by atoms with van der Waals surface area (Å²) in [6.45, 7) is 0. The van der Waals surface area contributed by atoms with Crippen molar-refractivity contribution in [3.63, 3.8) is 0 Å². The minimum absolute atomic E-state index is 0.119. The van der Waals surface area contributed by atoms with Crippen molar-refractivity contribution in [1.82, 2.24) is 0 Å². The molecule has 0 amide bonds. The van der Waals surface area contributed by atoms with E-state index in [1.165, 1.54) is 5.56 Å². The van der Waals surface area contributed by atoms with Crippen molar-refractivity contribution in [2.45, 2.75) is 12.5 Å². The van der Waals surface area contributed by atoms with Gasteiger partial charge in [0, 0.05) is 12.0 Å². The predicted octanol–water partition coefficient (Wildman–Crippen LogP) is 5.05. The number of benzene rings is 3. The van der Waals surface area contributed by atoms with Gasteiger partial charge in [0.15, 0.2) is 0 Å². The molecule has 25 heavy (non-hydrogen) atoms. The Balaban J connectivity index is 1.78. The fourth-order valence-corrected chi connectivity index (χ4v) is 3.32. The smallest absolute Gasteiger partial charge is 0.124 e. The van der Waals surface area contributed by atoms with Crippen molar-refractivity contribution >= 4 is 11.4 Å². The van der Waals surface area contributed by atoms with Crippen molar-refractivity contribution in [2.75, 3.05) is 12.1 Å². The van der Waals surface area contributed by atoms with Gasteiger partial charge in [-0.25, -0.2) is 0 Å². The van der Waals surface area contributed by atoms with Gasteiger partial charge < -0.3 is 4.74 Å². The van der Waals surface area contributed by atoms with Crippen LogP contribution in [0.5, 0.6) is 5.75 Å². The lowest BCUT2D eigenvalue weighted by Gasteiger charge is -2.25.